The second-order valence-electron chi connectivity index (χ2n) is 6.32. The molecule has 1 N–H and O–H groups in total. The van der Waals surface area contributed by atoms with Gasteiger partial charge in [-0.25, -0.2) is 0 Å². The molecular weight excluding hydrogens is 340 g/mol. The lowest BCUT2D eigenvalue weighted by atomic mass is 10.1. The van der Waals surface area contributed by atoms with Crippen LogP contribution in [-0.2, 0) is 9.53 Å². The number of nitrogens with one attached hydrogen (secondary N) is 1. The van der Waals surface area contributed by atoms with Crippen LogP contribution in [0.15, 0.2) is 60.7 Å². The zero-order valence-corrected chi connectivity index (χ0v) is 15.1. The first kappa shape index (κ1) is 17.0. The number of rotatable bonds is 5. The maximum atomic E-state index is 11.0. The van der Waals surface area contributed by atoms with Crippen molar-refractivity contribution in [3.05, 3.63) is 60.7 Å². The normalized spacial score (nSPS) is 12.0. The number of fused-ring (bicyclic) bond motifs is 2. The number of esters is 1. The number of benzene rings is 2. The molecule has 0 saturated carbocycles. The van der Waals surface area contributed by atoms with Crippen LogP contribution < -0.4 is 10.2 Å². The minimum atomic E-state index is -0.261. The number of carbonyl (C=O) groups excluding carboxylic acids is 1. The molecule has 136 valence electrons. The lowest BCUT2D eigenvalue weighted by Crippen LogP contribution is -2.26. The Morgan fingerprint density at radius 3 is 2.63 bits per heavy atom. The summed E-state index contributed by atoms with van der Waals surface area (Å²) in [6, 6.07) is 20.1. The van der Waals surface area contributed by atoms with Crippen molar-refractivity contribution in [2.75, 3.05) is 23.4 Å². The van der Waals surface area contributed by atoms with E-state index in [2.05, 4.69) is 20.4 Å². The Labute approximate surface area is 157 Å². The van der Waals surface area contributed by atoms with E-state index in [1.54, 1.807) is 0 Å². The number of anilines is 4. The van der Waals surface area contributed by atoms with Crippen LogP contribution in [0, 0.1) is 0 Å². The second-order valence-corrected chi connectivity index (χ2v) is 6.32. The molecule has 0 spiro atoms. The number of ether oxygens (including phenoxy) is 1. The third-order valence-electron chi connectivity index (χ3n) is 4.40. The van der Waals surface area contributed by atoms with Crippen molar-refractivity contribution >= 4 is 28.8 Å². The Bertz CT molecular complexity index is 959. The molecular formula is C21H20N4O2. The molecule has 1 aliphatic rings. The highest BCUT2D eigenvalue weighted by Gasteiger charge is 2.24. The number of carbonyl (C=O) groups is 1. The van der Waals surface area contributed by atoms with E-state index >= 15 is 0 Å². The van der Waals surface area contributed by atoms with Gasteiger partial charge in [-0.2, -0.15) is 0 Å². The van der Waals surface area contributed by atoms with Crippen LogP contribution in [0.3, 0.4) is 0 Å². The van der Waals surface area contributed by atoms with E-state index in [9.17, 15) is 4.79 Å². The van der Waals surface area contributed by atoms with Crippen LogP contribution in [-0.4, -0.2) is 29.3 Å². The number of para-hydroxylation sites is 2. The minimum absolute atomic E-state index is 0.261. The van der Waals surface area contributed by atoms with Crippen LogP contribution in [0.25, 0.3) is 11.3 Å². The largest absolute Gasteiger partial charge is 0.466 e. The van der Waals surface area contributed by atoms with Crippen molar-refractivity contribution in [1.82, 2.24) is 10.2 Å². The minimum Gasteiger partial charge on any atom is -0.466 e. The Balaban J connectivity index is 1.65. The fourth-order valence-electron chi connectivity index (χ4n) is 3.17. The number of hydrogen-bond donors (Lipinski definition) is 1. The molecule has 3 aromatic rings. The smallest absolute Gasteiger partial charge is 0.302 e. The highest BCUT2D eigenvalue weighted by atomic mass is 16.5. The zero-order valence-electron chi connectivity index (χ0n) is 15.1. The first-order valence-corrected chi connectivity index (χ1v) is 8.92. The van der Waals surface area contributed by atoms with E-state index in [4.69, 9.17) is 4.74 Å². The fourth-order valence-corrected chi connectivity index (χ4v) is 3.17. The third kappa shape index (κ3) is 3.60. The number of nitrogens with zero attached hydrogens (tertiary/aromatic N) is 3. The maximum absolute atomic E-state index is 11.0. The molecule has 2 heterocycles. The molecule has 0 saturated heterocycles. The summed E-state index contributed by atoms with van der Waals surface area (Å²) < 4.78 is 5.07. The van der Waals surface area contributed by atoms with Gasteiger partial charge in [0.15, 0.2) is 5.82 Å². The quantitative estimate of drug-likeness (QED) is 0.541. The van der Waals surface area contributed by atoms with E-state index in [-0.39, 0.29) is 5.97 Å². The van der Waals surface area contributed by atoms with Crippen LogP contribution in [0.4, 0.5) is 22.9 Å². The summed E-state index contributed by atoms with van der Waals surface area (Å²) in [6.07, 6.45) is 0.704. The molecule has 1 aromatic heterocycles. The summed E-state index contributed by atoms with van der Waals surface area (Å²) >= 11 is 0. The van der Waals surface area contributed by atoms with Gasteiger partial charge in [-0.3, -0.25) is 4.79 Å². The standard InChI is InChI=1S/C21H20N4O2/c1-15(26)27-13-7-12-25-20-11-6-5-10-17(20)22-19-14-18(23-24-21(19)25)16-8-3-2-4-9-16/h2-6,8-11,14,22H,7,12-13H2,1H3. The average Bonchev–Trinajstić information content (AvgIpc) is 2.70. The highest BCUT2D eigenvalue weighted by Crippen LogP contribution is 2.42. The van der Waals surface area contributed by atoms with Crippen molar-refractivity contribution in [1.29, 1.82) is 0 Å². The molecule has 27 heavy (non-hydrogen) atoms. The molecule has 0 radical (unpaired) electrons. The van der Waals surface area contributed by atoms with Crippen LogP contribution in [0.2, 0.25) is 0 Å². The van der Waals surface area contributed by atoms with Gasteiger partial charge in [0.2, 0.25) is 0 Å². The van der Waals surface area contributed by atoms with E-state index in [0.29, 0.717) is 19.6 Å². The molecule has 0 unspecified atom stereocenters. The third-order valence-corrected chi connectivity index (χ3v) is 4.40. The summed E-state index contributed by atoms with van der Waals surface area (Å²) in [6.45, 7) is 2.48. The van der Waals surface area contributed by atoms with Crippen molar-refractivity contribution in [2.45, 2.75) is 13.3 Å². The summed E-state index contributed by atoms with van der Waals surface area (Å²) in [7, 11) is 0. The van der Waals surface area contributed by atoms with E-state index in [1.165, 1.54) is 6.92 Å². The van der Waals surface area contributed by atoms with Gasteiger partial charge in [0.1, 0.15) is 0 Å². The average molecular weight is 360 g/mol. The molecule has 0 bridgehead atoms. The Morgan fingerprint density at radius 1 is 1.04 bits per heavy atom. The van der Waals surface area contributed by atoms with Gasteiger partial charge in [-0.15, -0.1) is 10.2 Å². The van der Waals surface area contributed by atoms with Gasteiger partial charge in [0.25, 0.3) is 0 Å². The van der Waals surface area contributed by atoms with Gasteiger partial charge in [-0.1, -0.05) is 42.5 Å². The zero-order chi connectivity index (χ0) is 18.6. The van der Waals surface area contributed by atoms with Crippen molar-refractivity contribution in [3.63, 3.8) is 0 Å². The van der Waals surface area contributed by atoms with Gasteiger partial charge in [0, 0.05) is 19.0 Å². The molecule has 1 aliphatic heterocycles. The molecule has 0 atom stereocenters. The lowest BCUT2D eigenvalue weighted by Gasteiger charge is -2.32. The Kier molecular flexibility index (Phi) is 4.70. The van der Waals surface area contributed by atoms with Gasteiger partial charge >= 0.3 is 5.97 Å². The number of hydrogen-bond acceptors (Lipinski definition) is 6. The summed E-state index contributed by atoms with van der Waals surface area (Å²) in [5.41, 5.74) is 4.81. The maximum Gasteiger partial charge on any atom is 0.302 e. The molecule has 0 amide bonds. The predicted molar refractivity (Wildman–Crippen MR) is 105 cm³/mol. The SMILES string of the molecule is CC(=O)OCCCN1c2ccccc2Nc2cc(-c3ccccc3)nnc21. The predicted octanol–water partition coefficient (Wildman–Crippen LogP) is 4.29. The summed E-state index contributed by atoms with van der Waals surface area (Å²) in [5, 5.41) is 12.4. The Morgan fingerprint density at radius 2 is 1.81 bits per heavy atom. The van der Waals surface area contributed by atoms with E-state index in [0.717, 1.165) is 34.1 Å². The molecule has 6 heteroatoms. The van der Waals surface area contributed by atoms with E-state index in [1.807, 2.05) is 60.7 Å². The van der Waals surface area contributed by atoms with Crippen LogP contribution >= 0.6 is 0 Å². The van der Waals surface area contributed by atoms with Crippen LogP contribution in [0.1, 0.15) is 13.3 Å². The first-order chi connectivity index (χ1) is 13.2. The lowest BCUT2D eigenvalue weighted by molar-refractivity contribution is -0.140. The van der Waals surface area contributed by atoms with Crippen molar-refractivity contribution < 1.29 is 9.53 Å². The monoisotopic (exact) mass is 360 g/mol. The summed E-state index contributed by atoms with van der Waals surface area (Å²) in [4.78, 5) is 13.1. The molecule has 6 nitrogen and oxygen atoms in total. The van der Waals surface area contributed by atoms with Crippen molar-refractivity contribution in [2.24, 2.45) is 0 Å². The summed E-state index contributed by atoms with van der Waals surface area (Å²) in [5.74, 6) is 0.514. The van der Waals surface area contributed by atoms with Gasteiger partial charge in [-0.05, 0) is 24.6 Å². The fraction of sp³-hybridized carbons (Fsp3) is 0.190. The second kappa shape index (κ2) is 7.45. The highest BCUT2D eigenvalue weighted by molar-refractivity contribution is 5.90. The van der Waals surface area contributed by atoms with Crippen LogP contribution in [0.5, 0.6) is 0 Å². The molecule has 2 aromatic carbocycles. The molecule has 0 fully saturated rings. The number of aromatic nitrogens is 2. The van der Waals surface area contributed by atoms with Gasteiger partial charge < -0.3 is 15.0 Å². The Hall–Kier alpha value is -3.41. The molecule has 4 rings (SSSR count). The topological polar surface area (TPSA) is 67.3 Å². The first-order valence-electron chi connectivity index (χ1n) is 8.92. The van der Waals surface area contributed by atoms with Crippen molar-refractivity contribution in [3.8, 4) is 11.3 Å². The van der Waals surface area contributed by atoms with E-state index < -0.39 is 0 Å². The molecule has 0 aliphatic carbocycles. The van der Waals surface area contributed by atoms with Gasteiger partial charge in [0.05, 0.1) is 29.4 Å².